The van der Waals surface area contributed by atoms with E-state index in [1.165, 1.54) is 35.8 Å². The van der Waals surface area contributed by atoms with E-state index in [1.54, 1.807) is 6.07 Å². The van der Waals surface area contributed by atoms with Crippen LogP contribution in [0.1, 0.15) is 10.4 Å². The molecule has 1 nitrogen and oxygen atoms in total. The van der Waals surface area contributed by atoms with Gasteiger partial charge in [-0.15, -0.1) is 11.3 Å². The number of hydrogen-bond acceptors (Lipinski definition) is 2. The van der Waals surface area contributed by atoms with Crippen molar-refractivity contribution in [2.24, 2.45) is 4.99 Å². The molecule has 1 aromatic carbocycles. The number of aliphatic imine (C=N–C) groups is 1. The molecule has 0 N–H and O–H groups in total. The lowest BCUT2D eigenvalue weighted by Gasteiger charge is -2.08. The van der Waals surface area contributed by atoms with Gasteiger partial charge >= 0.3 is 6.18 Å². The number of hydrogen-bond donors (Lipinski definition) is 0. The highest BCUT2D eigenvalue weighted by Gasteiger charge is 2.32. The van der Waals surface area contributed by atoms with E-state index < -0.39 is 11.7 Å². The SMILES string of the molecule is FC(F)(F)c1ccccc1N=Cc1cccs1. The highest BCUT2D eigenvalue weighted by molar-refractivity contribution is 7.11. The molecule has 0 aliphatic carbocycles. The number of para-hydroxylation sites is 1. The van der Waals surface area contributed by atoms with Gasteiger partial charge in [0.05, 0.1) is 11.3 Å². The van der Waals surface area contributed by atoms with Gasteiger partial charge in [0.25, 0.3) is 0 Å². The number of benzene rings is 1. The second-order valence-electron chi connectivity index (χ2n) is 3.29. The maximum Gasteiger partial charge on any atom is 0.418 e. The molecule has 0 saturated carbocycles. The van der Waals surface area contributed by atoms with Gasteiger partial charge in [0.15, 0.2) is 0 Å². The topological polar surface area (TPSA) is 12.4 Å². The summed E-state index contributed by atoms with van der Waals surface area (Å²) in [6.45, 7) is 0. The lowest BCUT2D eigenvalue weighted by molar-refractivity contribution is -0.137. The Labute approximate surface area is 100 Å². The molecular weight excluding hydrogens is 247 g/mol. The minimum atomic E-state index is -4.37. The van der Waals surface area contributed by atoms with Gasteiger partial charge in [-0.2, -0.15) is 13.2 Å². The molecule has 2 rings (SSSR count). The summed E-state index contributed by atoms with van der Waals surface area (Å²) >= 11 is 1.42. The zero-order valence-electron chi connectivity index (χ0n) is 8.61. The van der Waals surface area contributed by atoms with E-state index in [-0.39, 0.29) is 5.69 Å². The number of halogens is 3. The first kappa shape index (κ1) is 11.9. The monoisotopic (exact) mass is 255 g/mol. The fourth-order valence-corrected chi connectivity index (χ4v) is 1.91. The van der Waals surface area contributed by atoms with Crippen molar-refractivity contribution in [3.63, 3.8) is 0 Å². The third-order valence-corrected chi connectivity index (χ3v) is 2.89. The molecule has 5 heteroatoms. The average Bonchev–Trinajstić information content (AvgIpc) is 2.78. The van der Waals surface area contributed by atoms with Crippen molar-refractivity contribution in [1.29, 1.82) is 0 Å². The Bertz CT molecular complexity index is 515. The van der Waals surface area contributed by atoms with Crippen LogP contribution in [-0.4, -0.2) is 6.21 Å². The number of thiophene rings is 1. The maximum atomic E-state index is 12.6. The van der Waals surface area contributed by atoms with E-state index in [0.29, 0.717) is 0 Å². The van der Waals surface area contributed by atoms with Crippen LogP contribution in [0.15, 0.2) is 46.8 Å². The van der Waals surface area contributed by atoms with E-state index in [1.807, 2.05) is 11.4 Å². The molecule has 1 heterocycles. The van der Waals surface area contributed by atoms with E-state index in [2.05, 4.69) is 4.99 Å². The Kier molecular flexibility index (Phi) is 3.28. The molecule has 2 aromatic rings. The zero-order valence-corrected chi connectivity index (χ0v) is 9.42. The predicted octanol–water partition coefficient (Wildman–Crippen LogP) is 4.52. The maximum absolute atomic E-state index is 12.6. The van der Waals surface area contributed by atoms with Gasteiger partial charge in [0.1, 0.15) is 0 Å². The van der Waals surface area contributed by atoms with Crippen molar-refractivity contribution in [2.75, 3.05) is 0 Å². The molecule has 0 bridgehead atoms. The first-order valence-corrected chi connectivity index (χ1v) is 5.69. The molecule has 0 unspecified atom stereocenters. The standard InChI is InChI=1S/C12H8F3NS/c13-12(14,15)10-5-1-2-6-11(10)16-8-9-4-3-7-17-9/h1-8H. The average molecular weight is 255 g/mol. The summed E-state index contributed by atoms with van der Waals surface area (Å²) in [5.74, 6) is 0. The van der Waals surface area contributed by atoms with Crippen LogP contribution < -0.4 is 0 Å². The van der Waals surface area contributed by atoms with Crippen molar-refractivity contribution in [3.05, 3.63) is 52.2 Å². The predicted molar refractivity (Wildman–Crippen MR) is 63.0 cm³/mol. The second kappa shape index (κ2) is 4.71. The summed E-state index contributed by atoms with van der Waals surface area (Å²) in [6, 6.07) is 8.89. The largest absolute Gasteiger partial charge is 0.418 e. The fourth-order valence-electron chi connectivity index (χ4n) is 1.32. The molecule has 0 radical (unpaired) electrons. The Balaban J connectivity index is 2.33. The van der Waals surface area contributed by atoms with Crippen LogP contribution in [0, 0.1) is 0 Å². The molecule has 1 aromatic heterocycles. The van der Waals surface area contributed by atoms with Crippen molar-refractivity contribution in [1.82, 2.24) is 0 Å². The van der Waals surface area contributed by atoms with Crippen LogP contribution in [-0.2, 0) is 6.18 Å². The number of nitrogens with zero attached hydrogens (tertiary/aromatic N) is 1. The Hall–Kier alpha value is -1.62. The minimum Gasteiger partial charge on any atom is -0.255 e. The molecule has 0 amide bonds. The van der Waals surface area contributed by atoms with Gasteiger partial charge in [-0.1, -0.05) is 18.2 Å². The molecule has 0 atom stereocenters. The van der Waals surface area contributed by atoms with Crippen molar-refractivity contribution >= 4 is 23.2 Å². The Morgan fingerprint density at radius 3 is 2.47 bits per heavy atom. The molecule has 17 heavy (non-hydrogen) atoms. The van der Waals surface area contributed by atoms with E-state index in [9.17, 15) is 13.2 Å². The third kappa shape index (κ3) is 2.94. The highest BCUT2D eigenvalue weighted by Crippen LogP contribution is 2.35. The summed E-state index contributed by atoms with van der Waals surface area (Å²) < 4.78 is 37.9. The van der Waals surface area contributed by atoms with Gasteiger partial charge in [-0.25, -0.2) is 0 Å². The molecule has 88 valence electrons. The Morgan fingerprint density at radius 2 is 1.82 bits per heavy atom. The van der Waals surface area contributed by atoms with Gasteiger partial charge in [0, 0.05) is 11.1 Å². The first-order chi connectivity index (χ1) is 8.07. The summed E-state index contributed by atoms with van der Waals surface area (Å²) in [4.78, 5) is 4.70. The number of alkyl halides is 3. The van der Waals surface area contributed by atoms with Crippen molar-refractivity contribution in [2.45, 2.75) is 6.18 Å². The molecule has 0 fully saturated rings. The molecule has 0 aliphatic heterocycles. The van der Waals surface area contributed by atoms with E-state index in [0.717, 1.165) is 10.9 Å². The van der Waals surface area contributed by atoms with Crippen LogP contribution in [0.4, 0.5) is 18.9 Å². The smallest absolute Gasteiger partial charge is 0.255 e. The molecule has 0 aliphatic rings. The fraction of sp³-hybridized carbons (Fsp3) is 0.0833. The van der Waals surface area contributed by atoms with Gasteiger partial charge in [-0.05, 0) is 23.6 Å². The molecular formula is C12H8F3NS. The van der Waals surface area contributed by atoms with Crippen LogP contribution in [0.25, 0.3) is 0 Å². The Morgan fingerprint density at radius 1 is 1.06 bits per heavy atom. The summed E-state index contributed by atoms with van der Waals surface area (Å²) in [5, 5.41) is 1.84. The summed E-state index contributed by atoms with van der Waals surface area (Å²) in [5.41, 5.74) is -0.777. The quantitative estimate of drug-likeness (QED) is 0.700. The zero-order chi connectivity index (χ0) is 12.3. The lowest BCUT2D eigenvalue weighted by atomic mass is 10.2. The first-order valence-electron chi connectivity index (χ1n) is 4.81. The van der Waals surface area contributed by atoms with Gasteiger partial charge < -0.3 is 0 Å². The summed E-state index contributed by atoms with van der Waals surface area (Å²) in [6.07, 6.45) is -2.93. The van der Waals surface area contributed by atoms with E-state index >= 15 is 0 Å². The third-order valence-electron chi connectivity index (χ3n) is 2.08. The minimum absolute atomic E-state index is 0.0617. The number of rotatable bonds is 2. The van der Waals surface area contributed by atoms with Crippen LogP contribution in [0.5, 0.6) is 0 Å². The van der Waals surface area contributed by atoms with E-state index in [4.69, 9.17) is 0 Å². The second-order valence-corrected chi connectivity index (χ2v) is 4.27. The normalized spacial score (nSPS) is 12.2. The van der Waals surface area contributed by atoms with Crippen LogP contribution >= 0.6 is 11.3 Å². The van der Waals surface area contributed by atoms with Gasteiger partial charge in [-0.3, -0.25) is 4.99 Å². The molecule has 0 saturated heterocycles. The summed E-state index contributed by atoms with van der Waals surface area (Å²) in [7, 11) is 0. The van der Waals surface area contributed by atoms with Crippen molar-refractivity contribution < 1.29 is 13.2 Å². The van der Waals surface area contributed by atoms with Crippen LogP contribution in [0.3, 0.4) is 0 Å². The van der Waals surface area contributed by atoms with Gasteiger partial charge in [0.2, 0.25) is 0 Å². The van der Waals surface area contributed by atoms with Crippen LogP contribution in [0.2, 0.25) is 0 Å². The lowest BCUT2D eigenvalue weighted by Crippen LogP contribution is -2.04. The van der Waals surface area contributed by atoms with Crippen molar-refractivity contribution in [3.8, 4) is 0 Å². The highest BCUT2D eigenvalue weighted by atomic mass is 32.1. The molecule has 0 spiro atoms.